The van der Waals surface area contributed by atoms with Crippen LogP contribution < -0.4 is 5.32 Å². The van der Waals surface area contributed by atoms with Gasteiger partial charge >= 0.3 is 5.97 Å². The Kier molecular flexibility index (Phi) is 3.50. The molecule has 6 heteroatoms. The van der Waals surface area contributed by atoms with Gasteiger partial charge in [-0.2, -0.15) is 0 Å². The Hall–Kier alpha value is -2.53. The number of nitrogens with one attached hydrogen (secondary N) is 1. The molecular formula is C15H12ClN3O2. The molecule has 0 radical (unpaired) electrons. The maximum Gasteiger partial charge on any atom is 0.355 e. The molecule has 2 aromatic heterocycles. The number of carboxylic acids is 1. The fraction of sp³-hybridized carbons (Fsp3) is 0.0667. The van der Waals surface area contributed by atoms with Gasteiger partial charge in [0.15, 0.2) is 5.69 Å². The van der Waals surface area contributed by atoms with Gasteiger partial charge in [-0.25, -0.2) is 9.78 Å². The van der Waals surface area contributed by atoms with Gasteiger partial charge in [-0.3, -0.25) is 4.40 Å². The molecule has 0 atom stereocenters. The second-order valence-electron chi connectivity index (χ2n) is 4.54. The first-order valence-electron chi connectivity index (χ1n) is 6.33. The molecule has 106 valence electrons. The SMILES string of the molecule is O=C(O)c1c(NCc2ccc(Cl)cc2)ccc2nccn12. The summed E-state index contributed by atoms with van der Waals surface area (Å²) < 4.78 is 1.55. The average molecular weight is 302 g/mol. The lowest BCUT2D eigenvalue weighted by Crippen LogP contribution is -2.11. The van der Waals surface area contributed by atoms with E-state index in [9.17, 15) is 9.90 Å². The van der Waals surface area contributed by atoms with Crippen LogP contribution in [0, 0.1) is 0 Å². The minimum atomic E-state index is -1.00. The maximum absolute atomic E-state index is 11.5. The second kappa shape index (κ2) is 5.46. The van der Waals surface area contributed by atoms with E-state index in [1.54, 1.807) is 41.1 Å². The number of benzene rings is 1. The second-order valence-corrected chi connectivity index (χ2v) is 4.97. The number of carbonyl (C=O) groups is 1. The standard InChI is InChI=1S/C15H12ClN3O2/c16-11-3-1-10(2-4-11)9-18-12-5-6-13-17-7-8-19(13)14(12)15(20)21/h1-8,18H,9H2,(H,20,21). The van der Waals surface area contributed by atoms with Crippen LogP contribution >= 0.6 is 11.6 Å². The molecule has 0 aliphatic rings. The Morgan fingerprint density at radius 2 is 2.00 bits per heavy atom. The van der Waals surface area contributed by atoms with E-state index < -0.39 is 5.97 Å². The molecule has 0 saturated heterocycles. The summed E-state index contributed by atoms with van der Waals surface area (Å²) in [6.07, 6.45) is 3.21. The van der Waals surface area contributed by atoms with Gasteiger partial charge in [-0.1, -0.05) is 23.7 Å². The van der Waals surface area contributed by atoms with Gasteiger partial charge in [-0.05, 0) is 29.8 Å². The van der Waals surface area contributed by atoms with Gasteiger partial charge in [0.25, 0.3) is 0 Å². The molecule has 2 heterocycles. The Morgan fingerprint density at radius 1 is 1.24 bits per heavy atom. The summed E-state index contributed by atoms with van der Waals surface area (Å²) in [7, 11) is 0. The number of imidazole rings is 1. The third-order valence-corrected chi connectivity index (χ3v) is 3.42. The van der Waals surface area contributed by atoms with Crippen LogP contribution in [0.2, 0.25) is 5.02 Å². The van der Waals surface area contributed by atoms with Crippen molar-refractivity contribution in [2.75, 3.05) is 5.32 Å². The minimum absolute atomic E-state index is 0.166. The summed E-state index contributed by atoms with van der Waals surface area (Å²) in [5.74, 6) is -1.00. The van der Waals surface area contributed by atoms with E-state index in [-0.39, 0.29) is 5.69 Å². The Balaban J connectivity index is 1.91. The molecule has 0 bridgehead atoms. The zero-order chi connectivity index (χ0) is 14.8. The smallest absolute Gasteiger partial charge is 0.355 e. The van der Waals surface area contributed by atoms with Crippen molar-refractivity contribution in [1.82, 2.24) is 9.38 Å². The van der Waals surface area contributed by atoms with Gasteiger partial charge in [0.1, 0.15) is 5.65 Å². The fourth-order valence-corrected chi connectivity index (χ4v) is 2.28. The molecule has 0 aliphatic heterocycles. The zero-order valence-corrected chi connectivity index (χ0v) is 11.7. The third kappa shape index (κ3) is 2.68. The number of rotatable bonds is 4. The molecule has 3 rings (SSSR count). The van der Waals surface area contributed by atoms with Gasteiger partial charge in [0.2, 0.25) is 0 Å². The summed E-state index contributed by atoms with van der Waals surface area (Å²) in [6, 6.07) is 10.9. The number of fused-ring (bicyclic) bond motifs is 1. The minimum Gasteiger partial charge on any atom is -0.476 e. The van der Waals surface area contributed by atoms with Crippen molar-refractivity contribution in [2.24, 2.45) is 0 Å². The highest BCUT2D eigenvalue weighted by molar-refractivity contribution is 6.30. The van der Waals surface area contributed by atoms with Crippen molar-refractivity contribution < 1.29 is 9.90 Å². The summed E-state index contributed by atoms with van der Waals surface area (Å²) in [5.41, 5.74) is 2.33. The van der Waals surface area contributed by atoms with Gasteiger partial charge in [-0.15, -0.1) is 0 Å². The Labute approximate surface area is 125 Å². The van der Waals surface area contributed by atoms with Crippen LogP contribution in [0.5, 0.6) is 0 Å². The normalized spacial score (nSPS) is 10.7. The lowest BCUT2D eigenvalue weighted by atomic mass is 10.2. The lowest BCUT2D eigenvalue weighted by Gasteiger charge is -2.11. The molecule has 0 fully saturated rings. The lowest BCUT2D eigenvalue weighted by molar-refractivity contribution is 0.0690. The van der Waals surface area contributed by atoms with Crippen LogP contribution in [0.1, 0.15) is 16.1 Å². The van der Waals surface area contributed by atoms with Crippen LogP contribution in [-0.4, -0.2) is 20.5 Å². The molecule has 0 amide bonds. The molecule has 0 aliphatic carbocycles. The number of carboxylic acid groups (broad SMARTS) is 1. The van der Waals surface area contributed by atoms with E-state index in [0.717, 1.165) is 5.56 Å². The maximum atomic E-state index is 11.5. The molecule has 0 saturated carbocycles. The van der Waals surface area contributed by atoms with E-state index >= 15 is 0 Å². The predicted molar refractivity (Wildman–Crippen MR) is 80.9 cm³/mol. The summed E-state index contributed by atoms with van der Waals surface area (Å²) >= 11 is 5.84. The first-order chi connectivity index (χ1) is 10.1. The van der Waals surface area contributed by atoms with E-state index in [4.69, 9.17) is 11.6 Å². The number of aromatic carboxylic acids is 1. The number of hydrogen-bond donors (Lipinski definition) is 2. The van der Waals surface area contributed by atoms with Gasteiger partial charge < -0.3 is 10.4 Å². The molecule has 2 N–H and O–H groups in total. The molecule has 5 nitrogen and oxygen atoms in total. The topological polar surface area (TPSA) is 66.6 Å². The average Bonchev–Trinajstić information content (AvgIpc) is 2.94. The predicted octanol–water partition coefficient (Wildman–Crippen LogP) is 3.30. The molecule has 1 aromatic carbocycles. The molecular weight excluding hydrogens is 290 g/mol. The van der Waals surface area contributed by atoms with Crippen LogP contribution in [0.15, 0.2) is 48.8 Å². The first-order valence-corrected chi connectivity index (χ1v) is 6.70. The molecule has 0 spiro atoms. The van der Waals surface area contributed by atoms with Crippen molar-refractivity contribution in [3.8, 4) is 0 Å². The number of anilines is 1. The van der Waals surface area contributed by atoms with Gasteiger partial charge in [0, 0.05) is 24.0 Å². The largest absolute Gasteiger partial charge is 0.476 e. The highest BCUT2D eigenvalue weighted by Gasteiger charge is 2.14. The number of halogens is 1. The van der Waals surface area contributed by atoms with Crippen molar-refractivity contribution in [2.45, 2.75) is 6.54 Å². The first kappa shape index (κ1) is 13.5. The van der Waals surface area contributed by atoms with Crippen LogP contribution in [-0.2, 0) is 6.54 Å². The van der Waals surface area contributed by atoms with Crippen LogP contribution in [0.25, 0.3) is 5.65 Å². The molecule has 21 heavy (non-hydrogen) atoms. The van der Waals surface area contributed by atoms with Crippen molar-refractivity contribution in [3.63, 3.8) is 0 Å². The monoisotopic (exact) mass is 301 g/mol. The van der Waals surface area contributed by atoms with Crippen LogP contribution in [0.4, 0.5) is 5.69 Å². The van der Waals surface area contributed by atoms with Crippen LogP contribution in [0.3, 0.4) is 0 Å². The summed E-state index contributed by atoms with van der Waals surface area (Å²) in [5, 5.41) is 13.2. The number of nitrogens with zero attached hydrogens (tertiary/aromatic N) is 2. The number of hydrogen-bond acceptors (Lipinski definition) is 3. The highest BCUT2D eigenvalue weighted by Crippen LogP contribution is 2.19. The van der Waals surface area contributed by atoms with Gasteiger partial charge in [0.05, 0.1) is 5.69 Å². The van der Waals surface area contributed by atoms with Crippen molar-refractivity contribution in [3.05, 3.63) is 65.1 Å². The molecule has 3 aromatic rings. The van der Waals surface area contributed by atoms with Crippen molar-refractivity contribution in [1.29, 1.82) is 0 Å². The Morgan fingerprint density at radius 3 is 2.71 bits per heavy atom. The quantitative estimate of drug-likeness (QED) is 0.776. The zero-order valence-electron chi connectivity index (χ0n) is 11.0. The van der Waals surface area contributed by atoms with E-state index in [1.807, 2.05) is 12.1 Å². The van der Waals surface area contributed by atoms with E-state index in [2.05, 4.69) is 10.3 Å². The van der Waals surface area contributed by atoms with E-state index in [1.165, 1.54) is 0 Å². The Bertz CT molecular complexity index is 796. The third-order valence-electron chi connectivity index (χ3n) is 3.16. The number of aromatic nitrogens is 2. The van der Waals surface area contributed by atoms with E-state index in [0.29, 0.717) is 22.9 Å². The van der Waals surface area contributed by atoms with Crippen molar-refractivity contribution >= 4 is 28.9 Å². The molecule has 0 unspecified atom stereocenters. The fourth-order valence-electron chi connectivity index (χ4n) is 2.15. The summed E-state index contributed by atoms with van der Waals surface area (Å²) in [4.78, 5) is 15.6. The number of pyridine rings is 1. The summed E-state index contributed by atoms with van der Waals surface area (Å²) in [6.45, 7) is 0.512. The highest BCUT2D eigenvalue weighted by atomic mass is 35.5.